The van der Waals surface area contributed by atoms with Crippen LogP contribution < -0.4 is 11.1 Å². The Labute approximate surface area is 197 Å². The maximum absolute atomic E-state index is 12.4. The lowest BCUT2D eigenvalue weighted by Gasteiger charge is -2.34. The minimum Gasteiger partial charge on any atom is -0.399 e. The smallest absolute Gasteiger partial charge is 0.251 e. The zero-order valence-electron chi connectivity index (χ0n) is 20.1. The summed E-state index contributed by atoms with van der Waals surface area (Å²) in [6, 6.07) is 7.07. The highest BCUT2D eigenvalue weighted by Gasteiger charge is 2.28. The number of nitrogens with two attached hydrogens (primary N) is 1. The molecule has 0 aliphatic carbocycles. The fourth-order valence-corrected chi connectivity index (χ4v) is 6.43. The van der Waals surface area contributed by atoms with Crippen LogP contribution in [-0.4, -0.2) is 96.6 Å². The second kappa shape index (κ2) is 11.8. The molecular formula is C23H41N5OS2. The molecule has 31 heavy (non-hydrogen) atoms. The number of nitrogens with one attached hydrogen (secondary N) is 1. The molecule has 0 unspecified atom stereocenters. The first-order valence-electron chi connectivity index (χ1n) is 11.1. The van der Waals surface area contributed by atoms with E-state index in [0.29, 0.717) is 17.8 Å². The fraction of sp³-hybridized carbons (Fsp3) is 0.696. The van der Waals surface area contributed by atoms with Gasteiger partial charge in [0.15, 0.2) is 0 Å². The number of rotatable bonds is 4. The van der Waals surface area contributed by atoms with Gasteiger partial charge in [-0.05, 0) is 66.1 Å². The van der Waals surface area contributed by atoms with Gasteiger partial charge >= 0.3 is 0 Å². The standard InChI is InChI=1S/C23H41N5OS2/c1-22(2)17-26(5)13-15-28(16-14-27(6)18-23(3,4)31-30-22)12-11-25-21(29)19-7-9-20(24)10-8-19/h7-10H,11-18,24H2,1-6H3,(H,25,29). The van der Waals surface area contributed by atoms with E-state index in [1.165, 1.54) is 0 Å². The van der Waals surface area contributed by atoms with Gasteiger partial charge in [0.2, 0.25) is 0 Å². The van der Waals surface area contributed by atoms with E-state index in [1.54, 1.807) is 24.3 Å². The van der Waals surface area contributed by atoms with Crippen molar-refractivity contribution in [1.29, 1.82) is 0 Å². The molecule has 8 heteroatoms. The number of anilines is 1. The number of nitrogens with zero attached hydrogens (tertiary/aromatic N) is 3. The van der Waals surface area contributed by atoms with Crippen molar-refractivity contribution in [3.8, 4) is 0 Å². The number of amides is 1. The Bertz CT molecular complexity index is 668. The minimum absolute atomic E-state index is 0.0439. The van der Waals surface area contributed by atoms with E-state index in [-0.39, 0.29) is 15.4 Å². The fourth-order valence-electron chi connectivity index (χ4n) is 3.76. The van der Waals surface area contributed by atoms with Crippen LogP contribution in [0.15, 0.2) is 24.3 Å². The highest BCUT2D eigenvalue weighted by atomic mass is 33.1. The van der Waals surface area contributed by atoms with Gasteiger partial charge in [-0.15, -0.1) is 0 Å². The summed E-state index contributed by atoms with van der Waals surface area (Å²) < 4.78 is 0.391. The number of benzene rings is 1. The van der Waals surface area contributed by atoms with Gasteiger partial charge in [0.05, 0.1) is 0 Å². The number of nitrogen functional groups attached to an aromatic ring is 1. The predicted molar refractivity (Wildman–Crippen MR) is 138 cm³/mol. The molecule has 0 spiro atoms. The largest absolute Gasteiger partial charge is 0.399 e. The summed E-state index contributed by atoms with van der Waals surface area (Å²) in [6.45, 7) is 17.0. The van der Waals surface area contributed by atoms with Crippen LogP contribution in [0.25, 0.3) is 0 Å². The third kappa shape index (κ3) is 10.0. The van der Waals surface area contributed by atoms with Crippen LogP contribution in [0, 0.1) is 0 Å². The van der Waals surface area contributed by atoms with Crippen LogP contribution in [-0.2, 0) is 0 Å². The lowest BCUT2D eigenvalue weighted by atomic mass is 10.2. The van der Waals surface area contributed by atoms with Gasteiger partial charge in [0.25, 0.3) is 5.91 Å². The Kier molecular flexibility index (Phi) is 10.0. The van der Waals surface area contributed by atoms with Crippen LogP contribution in [0.3, 0.4) is 0 Å². The molecule has 6 nitrogen and oxygen atoms in total. The molecule has 0 saturated carbocycles. The second-order valence-corrected chi connectivity index (χ2v) is 13.4. The van der Waals surface area contributed by atoms with Crippen molar-refractivity contribution in [3.63, 3.8) is 0 Å². The van der Waals surface area contributed by atoms with Gasteiger partial charge < -0.3 is 20.9 Å². The van der Waals surface area contributed by atoms with E-state index in [0.717, 1.165) is 45.8 Å². The maximum atomic E-state index is 12.4. The highest BCUT2D eigenvalue weighted by Crippen LogP contribution is 2.44. The van der Waals surface area contributed by atoms with Gasteiger partial charge in [0.1, 0.15) is 0 Å². The van der Waals surface area contributed by atoms with E-state index in [2.05, 4.69) is 61.8 Å². The molecule has 0 atom stereocenters. The van der Waals surface area contributed by atoms with Crippen LogP contribution >= 0.6 is 21.6 Å². The number of carbonyl (C=O) groups is 1. The molecule has 1 aromatic rings. The summed E-state index contributed by atoms with van der Waals surface area (Å²) in [4.78, 5) is 19.7. The molecule has 0 radical (unpaired) electrons. The van der Waals surface area contributed by atoms with Crippen molar-refractivity contribution in [1.82, 2.24) is 20.0 Å². The van der Waals surface area contributed by atoms with E-state index in [9.17, 15) is 4.79 Å². The summed E-state index contributed by atoms with van der Waals surface area (Å²) >= 11 is 0. The average molecular weight is 468 g/mol. The van der Waals surface area contributed by atoms with E-state index >= 15 is 0 Å². The van der Waals surface area contributed by atoms with Crippen molar-refractivity contribution in [2.45, 2.75) is 37.2 Å². The topological polar surface area (TPSA) is 64.8 Å². The Balaban J connectivity index is 1.94. The van der Waals surface area contributed by atoms with E-state index < -0.39 is 0 Å². The van der Waals surface area contributed by atoms with Crippen LogP contribution in [0.4, 0.5) is 5.69 Å². The molecular weight excluding hydrogens is 426 g/mol. The van der Waals surface area contributed by atoms with Crippen molar-refractivity contribution in [2.75, 3.05) is 72.2 Å². The predicted octanol–water partition coefficient (Wildman–Crippen LogP) is 3.12. The zero-order valence-corrected chi connectivity index (χ0v) is 21.7. The molecule has 0 bridgehead atoms. The third-order valence-electron chi connectivity index (χ3n) is 5.28. The number of hydrogen-bond acceptors (Lipinski definition) is 7. The lowest BCUT2D eigenvalue weighted by molar-refractivity contribution is 0.0946. The Morgan fingerprint density at radius 2 is 1.42 bits per heavy atom. The third-order valence-corrected chi connectivity index (χ3v) is 9.48. The molecule has 176 valence electrons. The molecule has 1 aliphatic heterocycles. The van der Waals surface area contributed by atoms with Crippen LogP contribution in [0.2, 0.25) is 0 Å². The second-order valence-electron chi connectivity index (χ2n) is 9.88. The van der Waals surface area contributed by atoms with Crippen molar-refractivity contribution < 1.29 is 4.79 Å². The summed E-state index contributed by atoms with van der Waals surface area (Å²) in [5.74, 6) is -0.0439. The van der Waals surface area contributed by atoms with Crippen LogP contribution in [0.1, 0.15) is 38.1 Å². The van der Waals surface area contributed by atoms with Gasteiger partial charge in [0, 0.05) is 73.1 Å². The van der Waals surface area contributed by atoms with E-state index in [4.69, 9.17) is 5.73 Å². The molecule has 1 amide bonds. The normalized spacial score (nSPS) is 22.1. The number of hydrogen-bond donors (Lipinski definition) is 2. The molecule has 1 fully saturated rings. The Hall–Kier alpha value is -0.930. The first-order valence-corrected chi connectivity index (χ1v) is 13.2. The van der Waals surface area contributed by atoms with Gasteiger partial charge in [-0.3, -0.25) is 9.69 Å². The van der Waals surface area contributed by atoms with Gasteiger partial charge in [-0.2, -0.15) is 0 Å². The zero-order chi connectivity index (χ0) is 23.1. The monoisotopic (exact) mass is 467 g/mol. The Morgan fingerprint density at radius 1 is 0.935 bits per heavy atom. The average Bonchev–Trinajstić information content (AvgIpc) is 2.68. The summed E-state index contributed by atoms with van der Waals surface area (Å²) in [6.07, 6.45) is 0. The molecule has 1 heterocycles. The molecule has 1 aliphatic rings. The first kappa shape index (κ1) is 26.3. The minimum atomic E-state index is -0.0439. The quantitative estimate of drug-likeness (QED) is 0.521. The summed E-state index contributed by atoms with van der Waals surface area (Å²) in [5, 5.41) is 3.06. The Morgan fingerprint density at radius 3 is 1.90 bits per heavy atom. The molecule has 1 saturated heterocycles. The summed E-state index contributed by atoms with van der Waals surface area (Å²) in [5.41, 5.74) is 7.03. The number of likely N-dealkylation sites (N-methyl/N-ethyl adjacent to an activating group) is 2. The van der Waals surface area contributed by atoms with Crippen molar-refractivity contribution >= 4 is 33.2 Å². The maximum Gasteiger partial charge on any atom is 0.251 e. The summed E-state index contributed by atoms with van der Waals surface area (Å²) in [7, 11) is 8.44. The molecule has 2 rings (SSSR count). The SMILES string of the molecule is CN1CCN(CCNC(=O)c2ccc(N)cc2)CCN(C)CC(C)(C)SSC(C)(C)C1. The van der Waals surface area contributed by atoms with Crippen molar-refractivity contribution in [2.24, 2.45) is 0 Å². The lowest BCUT2D eigenvalue weighted by Crippen LogP contribution is -2.44. The van der Waals surface area contributed by atoms with Gasteiger partial charge in [-0.25, -0.2) is 0 Å². The first-order chi connectivity index (χ1) is 14.5. The van der Waals surface area contributed by atoms with Crippen LogP contribution in [0.5, 0.6) is 0 Å². The molecule has 3 N–H and O–H groups in total. The van der Waals surface area contributed by atoms with E-state index in [1.807, 2.05) is 21.6 Å². The number of carbonyl (C=O) groups excluding carboxylic acids is 1. The molecule has 1 aromatic carbocycles. The van der Waals surface area contributed by atoms with Gasteiger partial charge in [-0.1, -0.05) is 21.6 Å². The van der Waals surface area contributed by atoms with Crippen molar-refractivity contribution in [3.05, 3.63) is 29.8 Å². The highest BCUT2D eigenvalue weighted by molar-refractivity contribution is 8.77. The molecule has 0 aromatic heterocycles.